The van der Waals surface area contributed by atoms with E-state index >= 15 is 0 Å². The molecule has 0 radical (unpaired) electrons. The zero-order valence-corrected chi connectivity index (χ0v) is 14.0. The maximum Gasteiger partial charge on any atom is 0.269 e. The number of nitrogens with one attached hydrogen (secondary N) is 1. The Morgan fingerprint density at radius 3 is 2.09 bits per heavy atom. The molecule has 0 bridgehead atoms. The highest BCUT2D eigenvalue weighted by molar-refractivity contribution is 7.89. The zero-order chi connectivity index (χ0) is 17.3. The summed E-state index contributed by atoms with van der Waals surface area (Å²) < 4.78 is 51.1. The number of nitro benzene ring substituents is 1. The van der Waals surface area contributed by atoms with Crippen molar-refractivity contribution in [2.75, 3.05) is 19.3 Å². The van der Waals surface area contributed by atoms with Gasteiger partial charge in [-0.25, -0.2) is 21.6 Å². The summed E-state index contributed by atoms with van der Waals surface area (Å²) in [5.74, 6) is 0. The number of nitro groups is 1. The van der Waals surface area contributed by atoms with Crippen LogP contribution in [0.3, 0.4) is 0 Å². The lowest BCUT2D eigenvalue weighted by molar-refractivity contribution is -0.384. The number of piperidine rings is 1. The summed E-state index contributed by atoms with van der Waals surface area (Å²) in [7, 11) is -7.06. The molecular weight excluding hydrogens is 346 g/mol. The molecule has 0 amide bonds. The molecule has 1 aromatic carbocycles. The molecule has 0 spiro atoms. The van der Waals surface area contributed by atoms with Crippen molar-refractivity contribution in [3.63, 3.8) is 0 Å². The van der Waals surface area contributed by atoms with Gasteiger partial charge in [-0.1, -0.05) is 0 Å². The van der Waals surface area contributed by atoms with Crippen LogP contribution in [0.4, 0.5) is 5.69 Å². The smallest absolute Gasteiger partial charge is 0.258 e. The van der Waals surface area contributed by atoms with Crippen molar-refractivity contribution in [2.24, 2.45) is 0 Å². The molecule has 1 aliphatic rings. The SMILES string of the molecule is CS(=O)(=O)NC1CCN(S(=O)(=O)c2ccc([N+](=O)[O-])cc2)CC1. The normalized spacial score (nSPS) is 18.0. The van der Waals surface area contributed by atoms with Gasteiger partial charge in [0.05, 0.1) is 16.1 Å². The van der Waals surface area contributed by atoms with Gasteiger partial charge in [0.1, 0.15) is 0 Å². The summed E-state index contributed by atoms with van der Waals surface area (Å²) in [5, 5.41) is 10.6. The van der Waals surface area contributed by atoms with Gasteiger partial charge in [-0.15, -0.1) is 0 Å². The van der Waals surface area contributed by atoms with Crippen LogP contribution >= 0.6 is 0 Å². The minimum absolute atomic E-state index is 0.0161. The van der Waals surface area contributed by atoms with Crippen molar-refractivity contribution in [1.82, 2.24) is 9.03 Å². The van der Waals surface area contributed by atoms with E-state index in [1.165, 1.54) is 16.4 Å². The Labute approximate surface area is 134 Å². The summed E-state index contributed by atoms with van der Waals surface area (Å²) in [4.78, 5) is 9.99. The van der Waals surface area contributed by atoms with Gasteiger partial charge >= 0.3 is 0 Å². The average Bonchev–Trinajstić information content (AvgIpc) is 2.46. The molecule has 9 nitrogen and oxygen atoms in total. The Kier molecular flexibility index (Phi) is 5.04. The Balaban J connectivity index is 2.08. The summed E-state index contributed by atoms with van der Waals surface area (Å²) >= 11 is 0. The van der Waals surface area contributed by atoms with Crippen LogP contribution < -0.4 is 4.72 Å². The number of nitrogens with zero attached hydrogens (tertiary/aromatic N) is 2. The van der Waals surface area contributed by atoms with E-state index in [-0.39, 0.29) is 29.7 Å². The third-order valence-electron chi connectivity index (χ3n) is 3.52. The predicted molar refractivity (Wildman–Crippen MR) is 82.9 cm³/mol. The van der Waals surface area contributed by atoms with Crippen molar-refractivity contribution >= 4 is 25.7 Å². The number of hydrogen-bond acceptors (Lipinski definition) is 6. The monoisotopic (exact) mass is 363 g/mol. The van der Waals surface area contributed by atoms with Crippen LogP contribution in [0.25, 0.3) is 0 Å². The molecule has 128 valence electrons. The first-order chi connectivity index (χ1) is 10.6. The molecule has 1 N–H and O–H groups in total. The van der Waals surface area contributed by atoms with Crippen LogP contribution in [0.1, 0.15) is 12.8 Å². The van der Waals surface area contributed by atoms with E-state index in [1.54, 1.807) is 0 Å². The molecule has 1 aromatic rings. The fourth-order valence-corrected chi connectivity index (χ4v) is 4.72. The summed E-state index contributed by atoms with van der Waals surface area (Å²) in [5.41, 5.74) is -0.181. The molecule has 1 aliphatic heterocycles. The fourth-order valence-electron chi connectivity index (χ4n) is 2.41. The fraction of sp³-hybridized carbons (Fsp3) is 0.500. The molecule has 0 unspecified atom stereocenters. The van der Waals surface area contributed by atoms with E-state index in [2.05, 4.69) is 4.72 Å². The predicted octanol–water partition coefficient (Wildman–Crippen LogP) is 0.297. The first-order valence-corrected chi connectivity index (χ1v) is 10.1. The first-order valence-electron chi connectivity index (χ1n) is 6.81. The van der Waals surface area contributed by atoms with Gasteiger partial charge < -0.3 is 0 Å². The van der Waals surface area contributed by atoms with Gasteiger partial charge in [-0.3, -0.25) is 10.1 Å². The highest BCUT2D eigenvalue weighted by Gasteiger charge is 2.30. The molecule has 23 heavy (non-hydrogen) atoms. The molecule has 11 heteroatoms. The third kappa shape index (κ3) is 4.47. The highest BCUT2D eigenvalue weighted by atomic mass is 32.2. The largest absolute Gasteiger partial charge is 0.269 e. The third-order valence-corrected chi connectivity index (χ3v) is 6.19. The number of hydrogen-bond donors (Lipinski definition) is 1. The standard InChI is InChI=1S/C12H17N3O6S2/c1-22(18,19)13-10-6-8-14(9-7-10)23(20,21)12-4-2-11(3-5-12)15(16)17/h2-5,10,13H,6-9H2,1H3. The summed E-state index contributed by atoms with van der Waals surface area (Å²) in [6, 6.07) is 4.41. The molecule has 0 aliphatic carbocycles. The Morgan fingerprint density at radius 1 is 1.13 bits per heavy atom. The topological polar surface area (TPSA) is 127 Å². The van der Waals surface area contributed by atoms with Crippen molar-refractivity contribution in [1.29, 1.82) is 0 Å². The second-order valence-electron chi connectivity index (χ2n) is 5.32. The van der Waals surface area contributed by atoms with E-state index in [9.17, 15) is 26.9 Å². The van der Waals surface area contributed by atoms with Crippen molar-refractivity contribution in [2.45, 2.75) is 23.8 Å². The quantitative estimate of drug-likeness (QED) is 0.592. The number of benzene rings is 1. The molecule has 1 fully saturated rings. The van der Waals surface area contributed by atoms with Crippen LogP contribution in [0.5, 0.6) is 0 Å². The van der Waals surface area contributed by atoms with E-state index in [4.69, 9.17) is 0 Å². The Bertz CT molecular complexity index is 781. The maximum absolute atomic E-state index is 12.5. The Hall–Kier alpha value is -1.56. The van der Waals surface area contributed by atoms with Crippen LogP contribution in [-0.2, 0) is 20.0 Å². The lowest BCUT2D eigenvalue weighted by atomic mass is 10.1. The average molecular weight is 363 g/mol. The lowest BCUT2D eigenvalue weighted by Crippen LogP contribution is -2.46. The summed E-state index contributed by atoms with van der Waals surface area (Å²) in [6.07, 6.45) is 1.81. The van der Waals surface area contributed by atoms with E-state index in [1.807, 2.05) is 0 Å². The molecule has 0 atom stereocenters. The van der Waals surface area contributed by atoms with Gasteiger partial charge in [0.15, 0.2) is 0 Å². The summed E-state index contributed by atoms with van der Waals surface area (Å²) in [6.45, 7) is 0.374. The molecular formula is C12H17N3O6S2. The number of non-ortho nitro benzene ring substituents is 1. The molecule has 1 saturated heterocycles. The maximum atomic E-state index is 12.5. The van der Waals surface area contributed by atoms with Gasteiger partial charge in [-0.05, 0) is 25.0 Å². The van der Waals surface area contributed by atoms with Crippen molar-refractivity contribution in [3.05, 3.63) is 34.4 Å². The second-order valence-corrected chi connectivity index (χ2v) is 9.04. The second kappa shape index (κ2) is 6.51. The first kappa shape index (κ1) is 17.8. The van der Waals surface area contributed by atoms with E-state index in [0.717, 1.165) is 18.4 Å². The van der Waals surface area contributed by atoms with Crippen LogP contribution in [-0.4, -0.2) is 51.5 Å². The highest BCUT2D eigenvalue weighted by Crippen LogP contribution is 2.23. The van der Waals surface area contributed by atoms with E-state index in [0.29, 0.717) is 12.8 Å². The molecule has 1 heterocycles. The van der Waals surface area contributed by atoms with Gasteiger partial charge in [0, 0.05) is 31.3 Å². The minimum Gasteiger partial charge on any atom is -0.258 e. The molecule has 2 rings (SSSR count). The van der Waals surface area contributed by atoms with Crippen LogP contribution in [0.2, 0.25) is 0 Å². The van der Waals surface area contributed by atoms with Crippen LogP contribution in [0, 0.1) is 10.1 Å². The van der Waals surface area contributed by atoms with Crippen LogP contribution in [0.15, 0.2) is 29.2 Å². The number of rotatable bonds is 5. The van der Waals surface area contributed by atoms with Gasteiger partial charge in [-0.2, -0.15) is 4.31 Å². The van der Waals surface area contributed by atoms with E-state index < -0.39 is 25.0 Å². The zero-order valence-electron chi connectivity index (χ0n) is 12.4. The van der Waals surface area contributed by atoms with Crippen molar-refractivity contribution < 1.29 is 21.8 Å². The Morgan fingerprint density at radius 2 is 1.65 bits per heavy atom. The lowest BCUT2D eigenvalue weighted by Gasteiger charge is -2.31. The van der Waals surface area contributed by atoms with Crippen molar-refractivity contribution in [3.8, 4) is 0 Å². The van der Waals surface area contributed by atoms with Gasteiger partial charge in [0.25, 0.3) is 5.69 Å². The van der Waals surface area contributed by atoms with Gasteiger partial charge in [0.2, 0.25) is 20.0 Å². The number of sulfonamides is 2. The minimum atomic E-state index is -3.74. The molecule has 0 aromatic heterocycles. The molecule has 0 saturated carbocycles.